The fraction of sp³-hybridized carbons (Fsp3) is 0.611. The van der Waals surface area contributed by atoms with Crippen molar-refractivity contribution in [2.24, 2.45) is 0 Å². The maximum absolute atomic E-state index is 12.7. The van der Waals surface area contributed by atoms with Crippen LogP contribution >= 0.6 is 0 Å². The van der Waals surface area contributed by atoms with Crippen LogP contribution in [0.3, 0.4) is 0 Å². The van der Waals surface area contributed by atoms with Gasteiger partial charge in [-0.05, 0) is 50.8 Å². The smallest absolute Gasteiger partial charge is 0.243 e. The Hall–Kier alpha value is -1.56. The quantitative estimate of drug-likeness (QED) is 0.886. The molecule has 5 nitrogen and oxygen atoms in total. The number of nitrogens with one attached hydrogen (secondary N) is 1. The third-order valence-electron chi connectivity index (χ3n) is 4.64. The molecule has 0 unspecified atom stereocenters. The fourth-order valence-electron chi connectivity index (χ4n) is 3.31. The summed E-state index contributed by atoms with van der Waals surface area (Å²) in [6, 6.07) is 5.03. The van der Waals surface area contributed by atoms with Gasteiger partial charge in [0, 0.05) is 6.04 Å². The van der Waals surface area contributed by atoms with Crippen molar-refractivity contribution in [2.45, 2.75) is 65.0 Å². The van der Waals surface area contributed by atoms with Gasteiger partial charge in [0.1, 0.15) is 6.04 Å². The zero-order chi connectivity index (χ0) is 17.9. The van der Waals surface area contributed by atoms with Crippen LogP contribution in [0.2, 0.25) is 0 Å². The Labute approximate surface area is 145 Å². The minimum atomic E-state index is -3.57. The van der Waals surface area contributed by atoms with Crippen LogP contribution in [0.5, 0.6) is 0 Å². The first-order valence-electron chi connectivity index (χ1n) is 8.57. The van der Waals surface area contributed by atoms with E-state index in [1.54, 1.807) is 6.92 Å². The first-order valence-corrected chi connectivity index (χ1v) is 10.4. The minimum Gasteiger partial charge on any atom is -0.352 e. The Morgan fingerprint density at radius 2 is 1.83 bits per heavy atom. The molecule has 134 valence electrons. The van der Waals surface area contributed by atoms with Crippen LogP contribution in [0, 0.1) is 13.8 Å². The molecule has 0 aliphatic heterocycles. The number of carbonyl (C=O) groups excluding carboxylic acids is 1. The third kappa shape index (κ3) is 4.50. The molecule has 1 fully saturated rings. The molecular formula is C18H28N2O3S. The number of benzene rings is 1. The van der Waals surface area contributed by atoms with Gasteiger partial charge in [0.05, 0.1) is 11.9 Å². The van der Waals surface area contributed by atoms with Crippen LogP contribution in [-0.4, -0.2) is 32.7 Å². The Morgan fingerprint density at radius 3 is 2.42 bits per heavy atom. The molecule has 2 rings (SSSR count). The van der Waals surface area contributed by atoms with Crippen LogP contribution < -0.4 is 9.62 Å². The normalized spacial score (nSPS) is 17.3. The van der Waals surface area contributed by atoms with Crippen LogP contribution in [0.4, 0.5) is 5.69 Å². The summed E-state index contributed by atoms with van der Waals surface area (Å²) in [5.74, 6) is -0.228. The highest BCUT2D eigenvalue weighted by atomic mass is 32.2. The molecule has 0 saturated heterocycles. The highest BCUT2D eigenvalue weighted by molar-refractivity contribution is 7.92. The van der Waals surface area contributed by atoms with Crippen molar-refractivity contribution in [1.82, 2.24) is 5.32 Å². The molecular weight excluding hydrogens is 324 g/mol. The van der Waals surface area contributed by atoms with E-state index in [4.69, 9.17) is 0 Å². The molecule has 0 bridgehead atoms. The van der Waals surface area contributed by atoms with Gasteiger partial charge in [-0.2, -0.15) is 0 Å². The van der Waals surface area contributed by atoms with Crippen molar-refractivity contribution in [3.63, 3.8) is 0 Å². The van der Waals surface area contributed by atoms with E-state index in [0.29, 0.717) is 5.69 Å². The summed E-state index contributed by atoms with van der Waals surface area (Å²) in [5, 5.41) is 3.03. The van der Waals surface area contributed by atoms with E-state index < -0.39 is 16.1 Å². The molecule has 1 atom stereocenters. The second-order valence-electron chi connectivity index (χ2n) is 6.87. The summed E-state index contributed by atoms with van der Waals surface area (Å²) in [7, 11) is -3.57. The van der Waals surface area contributed by atoms with Crippen molar-refractivity contribution in [3.8, 4) is 0 Å². The van der Waals surface area contributed by atoms with E-state index in [2.05, 4.69) is 5.32 Å². The zero-order valence-corrected chi connectivity index (χ0v) is 15.8. The predicted octanol–water partition coefficient (Wildman–Crippen LogP) is 2.91. The lowest BCUT2D eigenvalue weighted by Gasteiger charge is -2.31. The van der Waals surface area contributed by atoms with Crippen molar-refractivity contribution in [2.75, 3.05) is 10.6 Å². The van der Waals surface area contributed by atoms with Gasteiger partial charge in [0.25, 0.3) is 0 Å². The number of carbonyl (C=O) groups is 1. The van der Waals surface area contributed by atoms with Crippen LogP contribution in [0.1, 0.15) is 50.2 Å². The van der Waals surface area contributed by atoms with Gasteiger partial charge in [-0.25, -0.2) is 8.42 Å². The highest BCUT2D eigenvalue weighted by Gasteiger charge is 2.31. The van der Waals surface area contributed by atoms with Crippen LogP contribution in [0.25, 0.3) is 0 Å². The highest BCUT2D eigenvalue weighted by Crippen LogP contribution is 2.26. The fourth-order valence-corrected chi connectivity index (χ4v) is 4.53. The van der Waals surface area contributed by atoms with Crippen molar-refractivity contribution in [3.05, 3.63) is 29.3 Å². The molecule has 1 N–H and O–H groups in total. The number of hydrogen-bond acceptors (Lipinski definition) is 3. The molecule has 1 aliphatic carbocycles. The summed E-state index contributed by atoms with van der Waals surface area (Å²) in [6.45, 7) is 5.43. The molecule has 1 aromatic rings. The summed E-state index contributed by atoms with van der Waals surface area (Å²) in [5.41, 5.74) is 2.37. The van der Waals surface area contributed by atoms with E-state index >= 15 is 0 Å². The summed E-state index contributed by atoms with van der Waals surface area (Å²) in [6.07, 6.45) is 6.54. The Balaban J connectivity index is 2.27. The largest absolute Gasteiger partial charge is 0.352 e. The van der Waals surface area contributed by atoms with Gasteiger partial charge >= 0.3 is 0 Å². The van der Waals surface area contributed by atoms with E-state index in [9.17, 15) is 13.2 Å². The van der Waals surface area contributed by atoms with E-state index in [-0.39, 0.29) is 11.9 Å². The SMILES string of the molecule is Cc1ccc(C)c(N([C@@H](C)C(=O)NC2CCCCC2)S(C)(=O)=O)c1. The van der Waals surface area contributed by atoms with E-state index in [1.165, 1.54) is 10.7 Å². The summed E-state index contributed by atoms with van der Waals surface area (Å²) < 4.78 is 26.0. The van der Waals surface area contributed by atoms with Gasteiger partial charge in [-0.15, -0.1) is 0 Å². The number of rotatable bonds is 5. The maximum Gasteiger partial charge on any atom is 0.243 e. The van der Waals surface area contributed by atoms with Crippen LogP contribution in [-0.2, 0) is 14.8 Å². The standard InChI is InChI=1S/C18H28N2O3S/c1-13-10-11-14(2)17(12-13)20(24(4,22)23)15(3)18(21)19-16-8-6-5-7-9-16/h10-12,15-16H,5-9H2,1-4H3,(H,19,21)/t15-/m0/s1. The van der Waals surface area contributed by atoms with Crippen molar-refractivity contribution < 1.29 is 13.2 Å². The Kier molecular flexibility index (Phi) is 5.91. The molecule has 0 spiro atoms. The monoisotopic (exact) mass is 352 g/mol. The number of amides is 1. The number of nitrogens with zero attached hydrogens (tertiary/aromatic N) is 1. The molecule has 6 heteroatoms. The lowest BCUT2D eigenvalue weighted by molar-refractivity contribution is -0.122. The topological polar surface area (TPSA) is 66.5 Å². The lowest BCUT2D eigenvalue weighted by Crippen LogP contribution is -2.50. The zero-order valence-electron chi connectivity index (χ0n) is 15.0. The number of aryl methyl sites for hydroxylation is 2. The van der Waals surface area contributed by atoms with Crippen molar-refractivity contribution in [1.29, 1.82) is 0 Å². The average Bonchev–Trinajstić information content (AvgIpc) is 2.50. The molecule has 1 aliphatic rings. The molecule has 1 saturated carbocycles. The molecule has 24 heavy (non-hydrogen) atoms. The van der Waals surface area contributed by atoms with E-state index in [0.717, 1.165) is 43.1 Å². The molecule has 1 amide bonds. The number of anilines is 1. The summed E-state index contributed by atoms with van der Waals surface area (Å²) in [4.78, 5) is 12.7. The Bertz CT molecular complexity index is 694. The van der Waals surface area contributed by atoms with Gasteiger partial charge < -0.3 is 5.32 Å². The van der Waals surface area contributed by atoms with Crippen LogP contribution in [0.15, 0.2) is 18.2 Å². The lowest BCUT2D eigenvalue weighted by atomic mass is 9.95. The molecule has 0 heterocycles. The van der Waals surface area contributed by atoms with Crippen molar-refractivity contribution >= 4 is 21.6 Å². The Morgan fingerprint density at radius 1 is 1.21 bits per heavy atom. The second kappa shape index (κ2) is 7.55. The average molecular weight is 353 g/mol. The first kappa shape index (κ1) is 18.8. The predicted molar refractivity (Wildman–Crippen MR) is 97.7 cm³/mol. The number of sulfonamides is 1. The minimum absolute atomic E-state index is 0.161. The van der Waals surface area contributed by atoms with E-state index in [1.807, 2.05) is 32.0 Å². The second-order valence-corrected chi connectivity index (χ2v) is 8.73. The maximum atomic E-state index is 12.7. The van der Waals surface area contributed by atoms with Gasteiger partial charge in [0.15, 0.2) is 0 Å². The molecule has 1 aromatic carbocycles. The number of hydrogen-bond donors (Lipinski definition) is 1. The van der Waals surface area contributed by atoms with Gasteiger partial charge in [-0.3, -0.25) is 9.10 Å². The first-order chi connectivity index (χ1) is 11.2. The van der Waals surface area contributed by atoms with Gasteiger partial charge in [-0.1, -0.05) is 31.4 Å². The third-order valence-corrected chi connectivity index (χ3v) is 5.87. The molecule has 0 aromatic heterocycles. The van der Waals surface area contributed by atoms with Gasteiger partial charge in [0.2, 0.25) is 15.9 Å². The molecule has 0 radical (unpaired) electrons. The summed E-state index contributed by atoms with van der Waals surface area (Å²) >= 11 is 0.